The molecule has 1 atom stereocenters. The molecule has 3 aromatic carbocycles. The smallest absolute Gasteiger partial charge is 0.340 e. The first-order valence-electron chi connectivity index (χ1n) is 11.0. The van der Waals surface area contributed by atoms with Crippen molar-refractivity contribution in [1.29, 1.82) is 0 Å². The maximum Gasteiger partial charge on any atom is 0.340 e. The van der Waals surface area contributed by atoms with Crippen molar-refractivity contribution in [1.82, 2.24) is 0 Å². The third kappa shape index (κ3) is 4.49. The van der Waals surface area contributed by atoms with Crippen molar-refractivity contribution in [3.63, 3.8) is 0 Å². The number of hydrogen-bond donors (Lipinski definition) is 1. The van der Waals surface area contributed by atoms with Crippen molar-refractivity contribution in [3.8, 4) is 0 Å². The highest BCUT2D eigenvalue weighted by Gasteiger charge is 2.28. The molecule has 0 aromatic heterocycles. The first-order chi connectivity index (χ1) is 15.5. The van der Waals surface area contributed by atoms with Gasteiger partial charge in [0, 0.05) is 10.0 Å². The third-order valence-electron chi connectivity index (χ3n) is 5.91. The standard InChI is InChI=1S/C27H25BrO4/c1-2-3-4-5-8-19-15-18-11-6-9-17-10-7-12-22(24(17)18)25(19)32-27(31)21-14-13-20(26(29)30)16-23(21)28/h6-7,9-16,25H,2-5,8H2,1H3,(H,29,30). The van der Waals surface area contributed by atoms with E-state index in [1.807, 2.05) is 12.1 Å². The molecule has 0 fully saturated rings. The van der Waals surface area contributed by atoms with Crippen LogP contribution in [0.2, 0.25) is 0 Å². The van der Waals surface area contributed by atoms with E-state index in [0.29, 0.717) is 10.0 Å². The first-order valence-corrected chi connectivity index (χ1v) is 11.7. The average Bonchev–Trinajstić information content (AvgIpc) is 2.78. The van der Waals surface area contributed by atoms with E-state index in [9.17, 15) is 14.7 Å². The summed E-state index contributed by atoms with van der Waals surface area (Å²) in [6, 6.07) is 16.7. The van der Waals surface area contributed by atoms with Crippen LogP contribution in [0.15, 0.2) is 64.6 Å². The molecule has 0 heterocycles. The van der Waals surface area contributed by atoms with Crippen LogP contribution >= 0.6 is 15.9 Å². The molecule has 0 aliphatic heterocycles. The highest BCUT2D eigenvalue weighted by molar-refractivity contribution is 9.10. The van der Waals surface area contributed by atoms with E-state index < -0.39 is 18.0 Å². The van der Waals surface area contributed by atoms with Crippen LogP contribution in [-0.2, 0) is 4.74 Å². The molecule has 1 N–H and O–H groups in total. The SMILES string of the molecule is CCCCCCC1=Cc2cccc3cccc(c23)C1OC(=O)c1ccc(C(=O)O)cc1Br. The second kappa shape index (κ2) is 9.70. The van der Waals surface area contributed by atoms with Gasteiger partial charge in [-0.3, -0.25) is 0 Å². The van der Waals surface area contributed by atoms with E-state index in [2.05, 4.69) is 53.2 Å². The van der Waals surface area contributed by atoms with Crippen LogP contribution in [-0.4, -0.2) is 17.0 Å². The number of benzene rings is 3. The minimum atomic E-state index is -1.04. The Morgan fingerprint density at radius 2 is 1.81 bits per heavy atom. The van der Waals surface area contributed by atoms with E-state index in [1.165, 1.54) is 31.0 Å². The summed E-state index contributed by atoms with van der Waals surface area (Å²) in [5, 5.41) is 11.4. The second-order valence-corrected chi connectivity index (χ2v) is 8.96. The van der Waals surface area contributed by atoms with E-state index in [-0.39, 0.29) is 5.56 Å². The Balaban J connectivity index is 1.68. The molecular formula is C27H25BrO4. The number of rotatable bonds is 8. The van der Waals surface area contributed by atoms with Crippen molar-refractivity contribution < 1.29 is 19.4 Å². The molecule has 0 saturated heterocycles. The highest BCUT2D eigenvalue weighted by atomic mass is 79.9. The van der Waals surface area contributed by atoms with Gasteiger partial charge in [0.15, 0.2) is 0 Å². The number of carbonyl (C=O) groups excluding carboxylic acids is 1. The van der Waals surface area contributed by atoms with E-state index in [4.69, 9.17) is 4.74 Å². The minimum Gasteiger partial charge on any atom is -0.478 e. The number of carbonyl (C=O) groups is 2. The third-order valence-corrected chi connectivity index (χ3v) is 6.57. The molecule has 0 amide bonds. The van der Waals surface area contributed by atoms with Crippen LogP contribution in [0.5, 0.6) is 0 Å². The Bertz CT molecular complexity index is 1210. The summed E-state index contributed by atoms with van der Waals surface area (Å²) in [4.78, 5) is 24.4. The molecule has 1 aliphatic carbocycles. The molecule has 4 nitrogen and oxygen atoms in total. The Labute approximate surface area is 196 Å². The molecular weight excluding hydrogens is 468 g/mol. The summed E-state index contributed by atoms with van der Waals surface area (Å²) in [7, 11) is 0. The summed E-state index contributed by atoms with van der Waals surface area (Å²) in [6.45, 7) is 2.19. The molecule has 1 aliphatic rings. The molecule has 0 saturated carbocycles. The van der Waals surface area contributed by atoms with Crippen molar-refractivity contribution in [2.24, 2.45) is 0 Å². The lowest BCUT2D eigenvalue weighted by molar-refractivity contribution is 0.0366. The van der Waals surface area contributed by atoms with Crippen LogP contribution in [0.1, 0.15) is 77.0 Å². The van der Waals surface area contributed by atoms with Gasteiger partial charge in [0.2, 0.25) is 0 Å². The zero-order chi connectivity index (χ0) is 22.7. The fourth-order valence-corrected chi connectivity index (χ4v) is 4.84. The van der Waals surface area contributed by atoms with Crippen molar-refractivity contribution in [3.05, 3.63) is 86.9 Å². The molecule has 4 rings (SSSR count). The Kier molecular flexibility index (Phi) is 6.75. The predicted octanol–water partition coefficient (Wildman–Crippen LogP) is 7.57. The average molecular weight is 493 g/mol. The first kappa shape index (κ1) is 22.3. The molecule has 5 heteroatoms. The van der Waals surface area contributed by atoms with Gasteiger partial charge in [0.05, 0.1) is 11.1 Å². The van der Waals surface area contributed by atoms with E-state index in [0.717, 1.165) is 46.7 Å². The fraction of sp³-hybridized carbons (Fsp3) is 0.259. The molecule has 0 bridgehead atoms. The van der Waals surface area contributed by atoms with Crippen LogP contribution in [0.4, 0.5) is 0 Å². The van der Waals surface area contributed by atoms with Gasteiger partial charge in [0.25, 0.3) is 0 Å². The van der Waals surface area contributed by atoms with Crippen LogP contribution < -0.4 is 0 Å². The molecule has 1 unspecified atom stereocenters. The summed E-state index contributed by atoms with van der Waals surface area (Å²) < 4.78 is 6.50. The maximum absolute atomic E-state index is 13.1. The van der Waals surface area contributed by atoms with Gasteiger partial charge in [-0.25, -0.2) is 9.59 Å². The lowest BCUT2D eigenvalue weighted by atomic mass is 9.85. The summed E-state index contributed by atoms with van der Waals surface area (Å²) >= 11 is 3.33. The largest absolute Gasteiger partial charge is 0.478 e. The van der Waals surface area contributed by atoms with Gasteiger partial charge in [0.1, 0.15) is 6.10 Å². The van der Waals surface area contributed by atoms with Crippen molar-refractivity contribution in [2.45, 2.75) is 45.1 Å². The Morgan fingerprint density at radius 1 is 1.03 bits per heavy atom. The van der Waals surface area contributed by atoms with E-state index in [1.54, 1.807) is 0 Å². The van der Waals surface area contributed by atoms with E-state index >= 15 is 0 Å². The van der Waals surface area contributed by atoms with Crippen LogP contribution in [0.3, 0.4) is 0 Å². The van der Waals surface area contributed by atoms with Crippen molar-refractivity contribution >= 4 is 44.7 Å². The quantitative estimate of drug-likeness (QED) is 0.260. The van der Waals surface area contributed by atoms with Gasteiger partial charge < -0.3 is 9.84 Å². The number of hydrogen-bond acceptors (Lipinski definition) is 3. The number of esters is 1. The number of carboxylic acid groups (broad SMARTS) is 1. The van der Waals surface area contributed by atoms with Gasteiger partial charge in [-0.2, -0.15) is 0 Å². The topological polar surface area (TPSA) is 63.6 Å². The maximum atomic E-state index is 13.1. The van der Waals surface area contributed by atoms with Crippen LogP contribution in [0, 0.1) is 0 Å². The summed E-state index contributed by atoms with van der Waals surface area (Å²) in [5.74, 6) is -1.52. The number of aromatic carboxylic acids is 1. The van der Waals surface area contributed by atoms with Crippen LogP contribution in [0.25, 0.3) is 16.8 Å². The molecule has 0 radical (unpaired) electrons. The number of halogens is 1. The monoisotopic (exact) mass is 492 g/mol. The number of carboxylic acids is 1. The molecule has 3 aromatic rings. The fourth-order valence-electron chi connectivity index (χ4n) is 4.30. The number of ether oxygens (including phenoxy) is 1. The summed E-state index contributed by atoms with van der Waals surface area (Å²) in [6.07, 6.45) is 7.11. The second-order valence-electron chi connectivity index (χ2n) is 8.11. The summed E-state index contributed by atoms with van der Waals surface area (Å²) in [5.41, 5.74) is 3.67. The van der Waals surface area contributed by atoms with Gasteiger partial charge in [-0.05, 0) is 68.9 Å². The van der Waals surface area contributed by atoms with Gasteiger partial charge in [-0.15, -0.1) is 0 Å². The zero-order valence-corrected chi connectivity index (χ0v) is 19.5. The number of unbranched alkanes of at least 4 members (excludes halogenated alkanes) is 3. The van der Waals surface area contributed by atoms with Gasteiger partial charge in [-0.1, -0.05) is 68.7 Å². The molecule has 32 heavy (non-hydrogen) atoms. The predicted molar refractivity (Wildman–Crippen MR) is 130 cm³/mol. The Hall–Kier alpha value is -2.92. The highest BCUT2D eigenvalue weighted by Crippen LogP contribution is 2.42. The molecule has 164 valence electrons. The lowest BCUT2D eigenvalue weighted by Crippen LogP contribution is -2.17. The minimum absolute atomic E-state index is 0.112. The lowest BCUT2D eigenvalue weighted by Gasteiger charge is -2.27. The van der Waals surface area contributed by atoms with Crippen molar-refractivity contribution in [2.75, 3.05) is 0 Å². The Morgan fingerprint density at radius 3 is 2.53 bits per heavy atom. The molecule has 0 spiro atoms. The van der Waals surface area contributed by atoms with Gasteiger partial charge >= 0.3 is 11.9 Å². The zero-order valence-electron chi connectivity index (χ0n) is 17.9. The normalized spacial score (nSPS) is 14.8.